The fraction of sp³-hybridized carbons (Fsp3) is 0.125. The van der Waals surface area contributed by atoms with Crippen LogP contribution in [0.2, 0.25) is 0 Å². The minimum atomic E-state index is -1.06. The molecule has 14 heavy (non-hydrogen) atoms. The Bertz CT molecular complexity index is 337. The van der Waals surface area contributed by atoms with Gasteiger partial charge in [-0.05, 0) is 12.1 Å². The number of nitrogens with zero attached hydrogens (tertiary/aromatic N) is 1. The molecule has 0 aromatic carbocycles. The van der Waals surface area contributed by atoms with Crippen molar-refractivity contribution in [2.45, 2.75) is 0 Å². The molecular formula is C8H9LiN2O3. The molecule has 1 aromatic heterocycles. The van der Waals surface area contributed by atoms with E-state index < -0.39 is 5.97 Å². The summed E-state index contributed by atoms with van der Waals surface area (Å²) in [6.45, 7) is 0. The van der Waals surface area contributed by atoms with Gasteiger partial charge in [-0.1, -0.05) is 0 Å². The second kappa shape index (κ2) is 5.42. The van der Waals surface area contributed by atoms with E-state index in [1.165, 1.54) is 19.2 Å². The van der Waals surface area contributed by atoms with Crippen LogP contribution in [-0.2, 0) is 0 Å². The van der Waals surface area contributed by atoms with Crippen molar-refractivity contribution in [2.24, 2.45) is 0 Å². The molecule has 1 heterocycles. The van der Waals surface area contributed by atoms with E-state index in [-0.39, 0.29) is 36.0 Å². The van der Waals surface area contributed by atoms with Crippen LogP contribution in [0.3, 0.4) is 0 Å². The number of amides is 1. The van der Waals surface area contributed by atoms with Crippen molar-refractivity contribution in [3.63, 3.8) is 0 Å². The summed E-state index contributed by atoms with van der Waals surface area (Å²) < 4.78 is 0. The maximum absolute atomic E-state index is 11.0. The number of hydrogen-bond donors (Lipinski definition) is 2. The third-order valence-corrected chi connectivity index (χ3v) is 1.47. The molecule has 0 atom stereocenters. The minimum absolute atomic E-state index is 0. The van der Waals surface area contributed by atoms with Crippen LogP contribution in [0, 0.1) is 0 Å². The van der Waals surface area contributed by atoms with Gasteiger partial charge in [0.05, 0.1) is 5.56 Å². The number of aromatic nitrogens is 1. The molecule has 1 rings (SSSR count). The topological polar surface area (TPSA) is 79.3 Å². The number of hydrogen-bond acceptors (Lipinski definition) is 3. The summed E-state index contributed by atoms with van der Waals surface area (Å²) >= 11 is 0. The van der Waals surface area contributed by atoms with Gasteiger partial charge in [-0.15, -0.1) is 0 Å². The zero-order valence-electron chi connectivity index (χ0n) is 6.94. The summed E-state index contributed by atoms with van der Waals surface area (Å²) in [5.41, 5.74) is 0.264. The monoisotopic (exact) mass is 188 g/mol. The first kappa shape index (κ1) is 12.7. The van der Waals surface area contributed by atoms with Crippen LogP contribution in [0.4, 0.5) is 0 Å². The Kier molecular flexibility index (Phi) is 4.92. The molecule has 0 radical (unpaired) electrons. The van der Waals surface area contributed by atoms with Crippen molar-refractivity contribution < 1.29 is 14.7 Å². The summed E-state index contributed by atoms with van der Waals surface area (Å²) in [7, 11) is 1.48. The molecule has 1 amide bonds. The standard InChI is InChI=1S/C8H8N2O3.Li.H/c1-9-7(11)6-3-2-5(4-10-6)8(12)13;;/h2-4H,1H3,(H,9,11)(H,12,13);;. The Morgan fingerprint density at radius 1 is 1.43 bits per heavy atom. The van der Waals surface area contributed by atoms with Crippen LogP contribution in [0.1, 0.15) is 20.8 Å². The van der Waals surface area contributed by atoms with E-state index in [1.54, 1.807) is 0 Å². The van der Waals surface area contributed by atoms with Crippen LogP contribution >= 0.6 is 0 Å². The summed E-state index contributed by atoms with van der Waals surface area (Å²) in [5, 5.41) is 10.9. The number of aromatic carboxylic acids is 1. The molecule has 1 aromatic rings. The number of carbonyl (C=O) groups excluding carboxylic acids is 1. The van der Waals surface area contributed by atoms with Gasteiger partial charge < -0.3 is 10.4 Å². The van der Waals surface area contributed by atoms with Gasteiger partial charge in [-0.2, -0.15) is 0 Å². The van der Waals surface area contributed by atoms with Crippen molar-refractivity contribution >= 4 is 30.7 Å². The molecular weight excluding hydrogens is 179 g/mol. The van der Waals surface area contributed by atoms with E-state index in [4.69, 9.17) is 5.11 Å². The van der Waals surface area contributed by atoms with Crippen LogP contribution in [0.15, 0.2) is 18.3 Å². The Morgan fingerprint density at radius 3 is 2.43 bits per heavy atom. The molecule has 0 aliphatic heterocycles. The van der Waals surface area contributed by atoms with Gasteiger partial charge >= 0.3 is 24.8 Å². The number of carbonyl (C=O) groups is 2. The number of nitrogens with one attached hydrogen (secondary N) is 1. The summed E-state index contributed by atoms with van der Waals surface area (Å²) in [4.78, 5) is 25.1. The first-order chi connectivity index (χ1) is 6.15. The average molecular weight is 188 g/mol. The van der Waals surface area contributed by atoms with Crippen molar-refractivity contribution in [2.75, 3.05) is 7.05 Å². The molecule has 0 spiro atoms. The Morgan fingerprint density at radius 2 is 2.07 bits per heavy atom. The van der Waals surface area contributed by atoms with E-state index in [2.05, 4.69) is 10.3 Å². The predicted molar refractivity (Wildman–Crippen MR) is 51.7 cm³/mol. The molecule has 70 valence electrons. The van der Waals surface area contributed by atoms with E-state index in [1.807, 2.05) is 0 Å². The number of carboxylic acids is 1. The quantitative estimate of drug-likeness (QED) is 0.612. The van der Waals surface area contributed by atoms with Gasteiger partial charge in [-0.3, -0.25) is 9.78 Å². The first-order valence-electron chi connectivity index (χ1n) is 3.56. The molecule has 0 aliphatic rings. The SMILES string of the molecule is CNC(=O)c1ccc(C(=O)O)cn1.[LiH]. The van der Waals surface area contributed by atoms with E-state index in [0.717, 1.165) is 6.20 Å². The van der Waals surface area contributed by atoms with E-state index in [9.17, 15) is 9.59 Å². The zero-order chi connectivity index (χ0) is 9.84. The zero-order valence-corrected chi connectivity index (χ0v) is 6.94. The molecule has 0 fully saturated rings. The van der Waals surface area contributed by atoms with Crippen LogP contribution in [0.25, 0.3) is 0 Å². The van der Waals surface area contributed by atoms with Gasteiger partial charge in [-0.25, -0.2) is 4.79 Å². The predicted octanol–water partition coefficient (Wildman–Crippen LogP) is -0.509. The summed E-state index contributed by atoms with van der Waals surface area (Å²) in [6.07, 6.45) is 1.15. The second-order valence-electron chi connectivity index (χ2n) is 2.32. The molecule has 2 N–H and O–H groups in total. The van der Waals surface area contributed by atoms with Crippen molar-refractivity contribution in [3.8, 4) is 0 Å². The third-order valence-electron chi connectivity index (χ3n) is 1.47. The molecule has 0 saturated carbocycles. The Hall–Kier alpha value is -1.31. The van der Waals surface area contributed by atoms with Gasteiger partial charge in [0.15, 0.2) is 0 Å². The van der Waals surface area contributed by atoms with Gasteiger partial charge in [0.1, 0.15) is 5.69 Å². The van der Waals surface area contributed by atoms with E-state index >= 15 is 0 Å². The third kappa shape index (κ3) is 2.87. The summed E-state index contributed by atoms with van der Waals surface area (Å²) in [5.74, 6) is -1.40. The first-order valence-corrected chi connectivity index (χ1v) is 3.56. The van der Waals surface area contributed by atoms with Gasteiger partial charge in [0, 0.05) is 13.2 Å². The molecule has 0 bridgehead atoms. The van der Waals surface area contributed by atoms with Crippen LogP contribution in [0.5, 0.6) is 0 Å². The Balaban J connectivity index is 0.00000169. The molecule has 6 heteroatoms. The van der Waals surface area contributed by atoms with Gasteiger partial charge in [0.2, 0.25) is 0 Å². The fourth-order valence-corrected chi connectivity index (χ4v) is 0.783. The van der Waals surface area contributed by atoms with Crippen molar-refractivity contribution in [3.05, 3.63) is 29.6 Å². The second-order valence-corrected chi connectivity index (χ2v) is 2.32. The van der Waals surface area contributed by atoms with Gasteiger partial charge in [0.25, 0.3) is 5.91 Å². The number of pyridine rings is 1. The number of carboxylic acid groups (broad SMARTS) is 1. The number of rotatable bonds is 2. The Labute approximate surface area is 92.7 Å². The normalized spacial score (nSPS) is 8.64. The molecule has 0 saturated heterocycles. The van der Waals surface area contributed by atoms with Crippen LogP contribution < -0.4 is 5.32 Å². The fourth-order valence-electron chi connectivity index (χ4n) is 0.783. The maximum atomic E-state index is 11.0. The molecule has 0 unspecified atom stereocenters. The summed E-state index contributed by atoms with van der Waals surface area (Å²) in [6, 6.07) is 2.70. The average Bonchev–Trinajstić information content (AvgIpc) is 2.17. The molecule has 0 aliphatic carbocycles. The van der Waals surface area contributed by atoms with E-state index in [0.29, 0.717) is 0 Å². The van der Waals surface area contributed by atoms with Crippen molar-refractivity contribution in [1.29, 1.82) is 0 Å². The van der Waals surface area contributed by atoms with Crippen molar-refractivity contribution in [1.82, 2.24) is 10.3 Å². The van der Waals surface area contributed by atoms with Crippen LogP contribution in [-0.4, -0.2) is 47.9 Å². The molecule has 5 nitrogen and oxygen atoms in total.